The Morgan fingerprint density at radius 1 is 1.19 bits per heavy atom. The van der Waals surface area contributed by atoms with E-state index in [9.17, 15) is 0 Å². The maximum Gasteiger partial charge on any atom is 0.127 e. The van der Waals surface area contributed by atoms with Crippen molar-refractivity contribution in [3.8, 4) is 5.75 Å². The van der Waals surface area contributed by atoms with Gasteiger partial charge in [0.25, 0.3) is 0 Å². The number of rotatable bonds is 3. The molecule has 0 amide bonds. The van der Waals surface area contributed by atoms with Gasteiger partial charge in [0, 0.05) is 10.0 Å². The topological polar surface area (TPSA) is 21.3 Å². The van der Waals surface area contributed by atoms with Gasteiger partial charge in [-0.3, -0.25) is 0 Å². The third kappa shape index (κ3) is 2.85. The third-order valence-corrected chi connectivity index (χ3v) is 4.75. The summed E-state index contributed by atoms with van der Waals surface area (Å²) in [5.74, 6) is 1.07. The van der Waals surface area contributed by atoms with E-state index in [1.54, 1.807) is 0 Å². The van der Waals surface area contributed by atoms with E-state index in [-0.39, 0.29) is 6.04 Å². The van der Waals surface area contributed by atoms with Crippen LogP contribution in [0.2, 0.25) is 0 Å². The van der Waals surface area contributed by atoms with Gasteiger partial charge >= 0.3 is 0 Å². The summed E-state index contributed by atoms with van der Waals surface area (Å²) in [6, 6.07) is 13.1. The first-order valence-corrected chi connectivity index (χ1v) is 8.18. The zero-order chi connectivity index (χ0) is 14.8. The normalized spacial score (nSPS) is 15.2. The Labute approximate surface area is 134 Å². The van der Waals surface area contributed by atoms with Gasteiger partial charge < -0.3 is 10.1 Å². The molecule has 0 fully saturated rings. The molecule has 1 N–H and O–H groups in total. The van der Waals surface area contributed by atoms with Crippen molar-refractivity contribution in [3.63, 3.8) is 0 Å². The van der Waals surface area contributed by atoms with Gasteiger partial charge in [-0.2, -0.15) is 0 Å². The first-order valence-electron chi connectivity index (χ1n) is 7.38. The van der Waals surface area contributed by atoms with Crippen molar-refractivity contribution in [3.05, 3.63) is 63.1 Å². The molecule has 3 heteroatoms. The standard InChI is InChI=1S/C18H20BrNO/c1-12-8-9-16(19)15(11-12)17(20-2)14-7-3-5-13-6-4-10-21-18(13)14/h3,5,7-9,11,17,20H,4,6,10H2,1-2H3. The van der Waals surface area contributed by atoms with Crippen molar-refractivity contribution in [2.45, 2.75) is 25.8 Å². The van der Waals surface area contributed by atoms with Gasteiger partial charge in [0.1, 0.15) is 5.75 Å². The molecular weight excluding hydrogens is 326 g/mol. The van der Waals surface area contributed by atoms with Crippen molar-refractivity contribution < 1.29 is 4.74 Å². The lowest BCUT2D eigenvalue weighted by Gasteiger charge is -2.26. The highest BCUT2D eigenvalue weighted by Crippen LogP contribution is 2.37. The summed E-state index contributed by atoms with van der Waals surface area (Å²) in [6.45, 7) is 2.94. The highest BCUT2D eigenvalue weighted by Gasteiger charge is 2.22. The fourth-order valence-electron chi connectivity index (χ4n) is 3.00. The minimum Gasteiger partial charge on any atom is -0.493 e. The second-order valence-electron chi connectivity index (χ2n) is 5.53. The molecule has 0 spiro atoms. The molecule has 21 heavy (non-hydrogen) atoms. The Morgan fingerprint density at radius 3 is 2.86 bits per heavy atom. The lowest BCUT2D eigenvalue weighted by Crippen LogP contribution is -2.21. The number of nitrogens with one attached hydrogen (secondary N) is 1. The summed E-state index contributed by atoms with van der Waals surface area (Å²) >= 11 is 3.68. The number of halogens is 1. The van der Waals surface area contributed by atoms with E-state index in [2.05, 4.69) is 64.6 Å². The minimum atomic E-state index is 0.132. The summed E-state index contributed by atoms with van der Waals surface area (Å²) in [7, 11) is 2.00. The predicted octanol–water partition coefficient (Wildman–Crippen LogP) is 4.39. The van der Waals surface area contributed by atoms with Crippen LogP contribution in [0.3, 0.4) is 0 Å². The molecule has 0 saturated heterocycles. The van der Waals surface area contributed by atoms with Crippen LogP contribution in [-0.2, 0) is 6.42 Å². The van der Waals surface area contributed by atoms with E-state index in [0.29, 0.717) is 0 Å². The van der Waals surface area contributed by atoms with E-state index >= 15 is 0 Å². The van der Waals surface area contributed by atoms with Gasteiger partial charge in [-0.1, -0.05) is 51.8 Å². The lowest BCUT2D eigenvalue weighted by atomic mass is 9.93. The molecule has 0 bridgehead atoms. The summed E-state index contributed by atoms with van der Waals surface area (Å²) in [5.41, 5.74) is 5.06. The van der Waals surface area contributed by atoms with E-state index in [4.69, 9.17) is 4.74 Å². The number of para-hydroxylation sites is 1. The SMILES string of the molecule is CNC(c1cc(C)ccc1Br)c1cccc2c1OCCC2. The van der Waals surface area contributed by atoms with Crippen molar-refractivity contribution in [1.82, 2.24) is 5.32 Å². The average molecular weight is 346 g/mol. The number of benzene rings is 2. The first kappa shape index (κ1) is 14.6. The quantitative estimate of drug-likeness (QED) is 0.890. The van der Waals surface area contributed by atoms with Crippen LogP contribution in [0.4, 0.5) is 0 Å². The highest BCUT2D eigenvalue weighted by atomic mass is 79.9. The summed E-state index contributed by atoms with van der Waals surface area (Å²) in [4.78, 5) is 0. The number of ether oxygens (including phenoxy) is 1. The largest absolute Gasteiger partial charge is 0.493 e. The Morgan fingerprint density at radius 2 is 2.05 bits per heavy atom. The monoisotopic (exact) mass is 345 g/mol. The maximum atomic E-state index is 5.97. The Kier molecular flexibility index (Phi) is 4.32. The molecule has 2 nitrogen and oxygen atoms in total. The fourth-order valence-corrected chi connectivity index (χ4v) is 3.48. The smallest absolute Gasteiger partial charge is 0.127 e. The van der Waals surface area contributed by atoms with Crippen molar-refractivity contribution >= 4 is 15.9 Å². The molecule has 1 unspecified atom stereocenters. The van der Waals surface area contributed by atoms with E-state index in [0.717, 1.165) is 29.7 Å². The van der Waals surface area contributed by atoms with Crippen molar-refractivity contribution in [2.75, 3.05) is 13.7 Å². The molecule has 0 aliphatic carbocycles. The third-order valence-electron chi connectivity index (χ3n) is 4.03. The van der Waals surface area contributed by atoms with Gasteiger partial charge in [0.2, 0.25) is 0 Å². The van der Waals surface area contributed by atoms with Crippen LogP contribution in [-0.4, -0.2) is 13.7 Å². The Hall–Kier alpha value is -1.32. The number of hydrogen-bond donors (Lipinski definition) is 1. The maximum absolute atomic E-state index is 5.97. The van der Waals surface area contributed by atoms with Crippen LogP contribution in [0.1, 0.15) is 34.7 Å². The minimum absolute atomic E-state index is 0.132. The zero-order valence-corrected chi connectivity index (χ0v) is 14.0. The van der Waals surface area contributed by atoms with Gasteiger partial charge in [0.15, 0.2) is 0 Å². The number of aryl methyl sites for hydroxylation is 2. The van der Waals surface area contributed by atoms with Gasteiger partial charge in [0.05, 0.1) is 12.6 Å². The van der Waals surface area contributed by atoms with Crippen LogP contribution in [0.15, 0.2) is 40.9 Å². The molecule has 1 aliphatic rings. The molecule has 110 valence electrons. The molecule has 2 aromatic rings. The number of hydrogen-bond acceptors (Lipinski definition) is 2. The van der Waals surface area contributed by atoms with E-state index in [1.807, 2.05) is 7.05 Å². The summed E-state index contributed by atoms with van der Waals surface area (Å²) in [6.07, 6.45) is 2.21. The summed E-state index contributed by atoms with van der Waals surface area (Å²) in [5, 5.41) is 3.44. The van der Waals surface area contributed by atoms with Crippen LogP contribution < -0.4 is 10.1 Å². The molecule has 3 rings (SSSR count). The van der Waals surface area contributed by atoms with Crippen LogP contribution >= 0.6 is 15.9 Å². The zero-order valence-electron chi connectivity index (χ0n) is 12.4. The van der Waals surface area contributed by atoms with Crippen molar-refractivity contribution in [1.29, 1.82) is 0 Å². The number of fused-ring (bicyclic) bond motifs is 1. The molecule has 1 heterocycles. The highest BCUT2D eigenvalue weighted by molar-refractivity contribution is 9.10. The lowest BCUT2D eigenvalue weighted by molar-refractivity contribution is 0.283. The molecule has 0 radical (unpaired) electrons. The average Bonchev–Trinajstić information content (AvgIpc) is 2.51. The molecule has 1 aliphatic heterocycles. The fraction of sp³-hybridized carbons (Fsp3) is 0.333. The molecule has 0 saturated carbocycles. The molecule has 0 aromatic heterocycles. The van der Waals surface area contributed by atoms with Crippen LogP contribution in [0.5, 0.6) is 5.75 Å². The van der Waals surface area contributed by atoms with Gasteiger partial charge in [-0.05, 0) is 44.0 Å². The Balaban J connectivity index is 2.10. The molecular formula is C18H20BrNO. The predicted molar refractivity (Wildman–Crippen MR) is 90.0 cm³/mol. The van der Waals surface area contributed by atoms with Crippen LogP contribution in [0.25, 0.3) is 0 Å². The molecule has 1 atom stereocenters. The van der Waals surface area contributed by atoms with Crippen molar-refractivity contribution in [2.24, 2.45) is 0 Å². The second kappa shape index (κ2) is 6.20. The summed E-state index contributed by atoms with van der Waals surface area (Å²) < 4.78 is 7.10. The second-order valence-corrected chi connectivity index (χ2v) is 6.39. The molecule has 2 aromatic carbocycles. The van der Waals surface area contributed by atoms with E-state index < -0.39 is 0 Å². The van der Waals surface area contributed by atoms with Gasteiger partial charge in [-0.25, -0.2) is 0 Å². The van der Waals surface area contributed by atoms with E-state index in [1.165, 1.54) is 22.3 Å². The van der Waals surface area contributed by atoms with Gasteiger partial charge in [-0.15, -0.1) is 0 Å². The van der Waals surface area contributed by atoms with Crippen LogP contribution in [0, 0.1) is 6.92 Å². The first-order chi connectivity index (χ1) is 10.2. The Bertz CT molecular complexity index is 654.